The molecule has 4 heteroatoms. The van der Waals surface area contributed by atoms with Crippen LogP contribution in [0.25, 0.3) is 0 Å². The minimum atomic E-state index is 0.650. The van der Waals surface area contributed by atoms with Crippen LogP contribution in [0.1, 0.15) is 5.69 Å². The molecule has 1 heterocycles. The molecule has 0 aliphatic heterocycles. The number of aryl methyl sites for hydroxylation is 1. The van der Waals surface area contributed by atoms with Crippen LogP contribution in [-0.2, 0) is 6.54 Å². The maximum Gasteiger partial charge on any atom is 0.0727 e. The van der Waals surface area contributed by atoms with Crippen LogP contribution >= 0.6 is 22.6 Å². The van der Waals surface area contributed by atoms with Crippen LogP contribution < -0.4 is 5.73 Å². The largest absolute Gasteiger partial charge is 0.329 e. The number of nitrogens with zero attached hydrogens (tertiary/aromatic N) is 2. The highest BCUT2D eigenvalue weighted by atomic mass is 127. The van der Waals surface area contributed by atoms with Crippen molar-refractivity contribution in [1.29, 1.82) is 0 Å². The molecule has 3 nitrogen and oxygen atoms in total. The topological polar surface area (TPSA) is 43.8 Å². The van der Waals surface area contributed by atoms with E-state index < -0.39 is 0 Å². The first kappa shape index (κ1) is 8.00. The summed E-state index contributed by atoms with van der Waals surface area (Å²) in [5.74, 6) is 0. The smallest absolute Gasteiger partial charge is 0.0727 e. The van der Waals surface area contributed by atoms with Gasteiger partial charge in [0.1, 0.15) is 0 Å². The van der Waals surface area contributed by atoms with Gasteiger partial charge in [-0.15, -0.1) is 0 Å². The molecule has 0 amide bonds. The van der Waals surface area contributed by atoms with E-state index in [0.29, 0.717) is 6.54 Å². The van der Waals surface area contributed by atoms with E-state index in [1.165, 1.54) is 3.57 Å². The zero-order valence-electron chi connectivity index (χ0n) is 5.84. The van der Waals surface area contributed by atoms with Crippen molar-refractivity contribution in [1.82, 2.24) is 9.78 Å². The number of hydrogen-bond donors (Lipinski definition) is 1. The van der Waals surface area contributed by atoms with Gasteiger partial charge in [-0.25, -0.2) is 0 Å². The normalized spacial score (nSPS) is 10.3. The van der Waals surface area contributed by atoms with Gasteiger partial charge < -0.3 is 5.73 Å². The van der Waals surface area contributed by atoms with Gasteiger partial charge in [-0.2, -0.15) is 5.10 Å². The van der Waals surface area contributed by atoms with Gasteiger partial charge >= 0.3 is 0 Å². The van der Waals surface area contributed by atoms with Gasteiger partial charge in [0.25, 0.3) is 0 Å². The van der Waals surface area contributed by atoms with Crippen molar-refractivity contribution in [3.8, 4) is 0 Å². The van der Waals surface area contributed by atoms with Crippen LogP contribution in [0.5, 0.6) is 0 Å². The summed E-state index contributed by atoms with van der Waals surface area (Å²) in [5.41, 5.74) is 6.43. The molecule has 1 rings (SSSR count). The minimum absolute atomic E-state index is 0.650. The molecule has 2 N–H and O–H groups in total. The van der Waals surface area contributed by atoms with Crippen molar-refractivity contribution in [3.05, 3.63) is 15.5 Å². The van der Waals surface area contributed by atoms with Crippen LogP contribution in [0.2, 0.25) is 0 Å². The second-order valence-electron chi connectivity index (χ2n) is 2.11. The molecule has 0 bridgehead atoms. The molecule has 10 heavy (non-hydrogen) atoms. The standard InChI is InChI=1S/C6H10IN3/c1-5-6(7)4-10(9-5)3-2-8/h4H,2-3,8H2,1H3. The Balaban J connectivity index is 2.77. The summed E-state index contributed by atoms with van der Waals surface area (Å²) in [6.07, 6.45) is 2.00. The average Bonchev–Trinajstić information content (AvgIpc) is 2.14. The number of rotatable bonds is 2. The Bertz CT molecular complexity index is 199. The molecule has 0 saturated carbocycles. The Morgan fingerprint density at radius 3 is 2.90 bits per heavy atom. The van der Waals surface area contributed by atoms with Crippen LogP contribution in [0.3, 0.4) is 0 Å². The van der Waals surface area contributed by atoms with E-state index in [-0.39, 0.29) is 0 Å². The SMILES string of the molecule is Cc1nn(CCN)cc1I. The van der Waals surface area contributed by atoms with Gasteiger partial charge in [-0.3, -0.25) is 4.68 Å². The highest BCUT2D eigenvalue weighted by Gasteiger charge is 1.98. The summed E-state index contributed by atoms with van der Waals surface area (Å²) < 4.78 is 3.07. The summed E-state index contributed by atoms with van der Waals surface area (Å²) in [6, 6.07) is 0. The van der Waals surface area contributed by atoms with E-state index in [0.717, 1.165) is 12.2 Å². The van der Waals surface area contributed by atoms with E-state index in [2.05, 4.69) is 27.7 Å². The number of aromatic nitrogens is 2. The van der Waals surface area contributed by atoms with Crippen molar-refractivity contribution in [2.75, 3.05) is 6.54 Å². The van der Waals surface area contributed by atoms with Crippen LogP contribution in [0, 0.1) is 10.5 Å². The van der Waals surface area contributed by atoms with Crippen molar-refractivity contribution in [2.45, 2.75) is 13.5 Å². The van der Waals surface area contributed by atoms with Crippen LogP contribution in [0.15, 0.2) is 6.20 Å². The molecule has 0 atom stereocenters. The third-order valence-corrected chi connectivity index (χ3v) is 2.30. The Kier molecular flexibility index (Phi) is 2.67. The fraction of sp³-hybridized carbons (Fsp3) is 0.500. The molecule has 0 spiro atoms. The maximum absolute atomic E-state index is 5.36. The van der Waals surface area contributed by atoms with E-state index in [4.69, 9.17) is 5.73 Å². The molecule has 0 saturated heterocycles. The van der Waals surface area contributed by atoms with Gasteiger partial charge in [0.05, 0.1) is 15.8 Å². The molecule has 0 radical (unpaired) electrons. The molecule has 1 aromatic rings. The van der Waals surface area contributed by atoms with Crippen molar-refractivity contribution in [3.63, 3.8) is 0 Å². The van der Waals surface area contributed by atoms with E-state index in [1.807, 2.05) is 17.8 Å². The molecular weight excluding hydrogens is 241 g/mol. The molecule has 0 unspecified atom stereocenters. The zero-order valence-corrected chi connectivity index (χ0v) is 8.00. The van der Waals surface area contributed by atoms with Gasteiger partial charge in [-0.05, 0) is 29.5 Å². The summed E-state index contributed by atoms with van der Waals surface area (Å²) in [7, 11) is 0. The number of nitrogens with two attached hydrogens (primary N) is 1. The predicted octanol–water partition coefficient (Wildman–Crippen LogP) is 0.755. The lowest BCUT2D eigenvalue weighted by Gasteiger charge is -1.93. The van der Waals surface area contributed by atoms with Gasteiger partial charge in [0, 0.05) is 12.7 Å². The highest BCUT2D eigenvalue weighted by Crippen LogP contribution is 2.07. The first-order valence-corrected chi connectivity index (χ1v) is 4.21. The first-order chi connectivity index (χ1) is 4.74. The molecule has 1 aromatic heterocycles. The van der Waals surface area contributed by atoms with Crippen LogP contribution in [-0.4, -0.2) is 16.3 Å². The first-order valence-electron chi connectivity index (χ1n) is 3.13. The number of halogens is 1. The lowest BCUT2D eigenvalue weighted by molar-refractivity contribution is 0.620. The van der Waals surface area contributed by atoms with E-state index in [1.54, 1.807) is 0 Å². The zero-order chi connectivity index (χ0) is 7.56. The van der Waals surface area contributed by atoms with Gasteiger partial charge in [0.15, 0.2) is 0 Å². The minimum Gasteiger partial charge on any atom is -0.329 e. The maximum atomic E-state index is 5.36. The average molecular weight is 251 g/mol. The Labute approximate surface area is 73.7 Å². The molecular formula is C6H10IN3. The highest BCUT2D eigenvalue weighted by molar-refractivity contribution is 14.1. The van der Waals surface area contributed by atoms with Crippen molar-refractivity contribution in [2.24, 2.45) is 5.73 Å². The summed E-state index contributed by atoms with van der Waals surface area (Å²) >= 11 is 2.26. The van der Waals surface area contributed by atoms with E-state index >= 15 is 0 Å². The lowest BCUT2D eigenvalue weighted by Crippen LogP contribution is -2.10. The molecule has 0 aromatic carbocycles. The Hall–Kier alpha value is -0.100. The van der Waals surface area contributed by atoms with Crippen molar-refractivity contribution < 1.29 is 0 Å². The third kappa shape index (κ3) is 1.69. The Morgan fingerprint density at radius 2 is 2.50 bits per heavy atom. The van der Waals surface area contributed by atoms with Crippen molar-refractivity contribution >= 4 is 22.6 Å². The lowest BCUT2D eigenvalue weighted by atomic mass is 10.5. The molecule has 0 aliphatic carbocycles. The monoisotopic (exact) mass is 251 g/mol. The summed E-state index contributed by atoms with van der Waals surface area (Å²) in [5, 5.41) is 4.23. The third-order valence-electron chi connectivity index (χ3n) is 1.24. The number of hydrogen-bond acceptors (Lipinski definition) is 2. The Morgan fingerprint density at radius 1 is 1.80 bits per heavy atom. The molecule has 56 valence electrons. The molecule has 0 aliphatic rings. The van der Waals surface area contributed by atoms with Gasteiger partial charge in [0.2, 0.25) is 0 Å². The predicted molar refractivity (Wildman–Crippen MR) is 48.7 cm³/mol. The van der Waals surface area contributed by atoms with Gasteiger partial charge in [-0.1, -0.05) is 0 Å². The summed E-state index contributed by atoms with van der Waals surface area (Å²) in [4.78, 5) is 0. The molecule has 0 fully saturated rings. The fourth-order valence-electron chi connectivity index (χ4n) is 0.740. The van der Waals surface area contributed by atoms with E-state index in [9.17, 15) is 0 Å². The van der Waals surface area contributed by atoms with Crippen LogP contribution in [0.4, 0.5) is 0 Å². The summed E-state index contributed by atoms with van der Waals surface area (Å²) in [6.45, 7) is 3.45. The quantitative estimate of drug-likeness (QED) is 0.788. The fourth-order valence-corrected chi connectivity index (χ4v) is 1.17. The second-order valence-corrected chi connectivity index (χ2v) is 3.28. The second kappa shape index (κ2) is 3.34.